The highest BCUT2D eigenvalue weighted by atomic mass is 35.5. The van der Waals surface area contributed by atoms with Gasteiger partial charge in [-0.3, -0.25) is 10.1 Å². The third-order valence-electron chi connectivity index (χ3n) is 1.92. The molecule has 3 nitrogen and oxygen atoms in total. The summed E-state index contributed by atoms with van der Waals surface area (Å²) in [4.78, 5) is 10.0. The summed E-state index contributed by atoms with van der Waals surface area (Å²) < 4.78 is 0. The number of benzene rings is 1. The van der Waals surface area contributed by atoms with E-state index in [1.165, 1.54) is 12.1 Å². The zero-order valence-corrected chi connectivity index (χ0v) is 8.28. The SMILES string of the molecule is C#CC(C)c1ccc(Cl)c([N+](=O)[O-])c1. The molecule has 0 aromatic heterocycles. The summed E-state index contributed by atoms with van der Waals surface area (Å²) in [6, 6.07) is 4.59. The van der Waals surface area contributed by atoms with Crippen molar-refractivity contribution in [1.82, 2.24) is 0 Å². The predicted octanol–water partition coefficient (Wildman–Crippen LogP) is 2.98. The van der Waals surface area contributed by atoms with Gasteiger partial charge >= 0.3 is 0 Å². The first-order valence-corrected chi connectivity index (χ1v) is 4.34. The topological polar surface area (TPSA) is 43.1 Å². The smallest absolute Gasteiger partial charge is 0.258 e. The molecule has 0 fully saturated rings. The molecule has 4 heteroatoms. The highest BCUT2D eigenvalue weighted by Gasteiger charge is 2.14. The standard InChI is InChI=1S/C10H8ClNO2/c1-3-7(2)8-4-5-9(11)10(6-8)12(13)14/h1,4-7H,2H3. The second-order valence-corrected chi connectivity index (χ2v) is 3.26. The Bertz CT molecular complexity index is 409. The molecule has 1 rings (SSSR count). The number of nitrogens with zero attached hydrogens (tertiary/aromatic N) is 1. The molecular weight excluding hydrogens is 202 g/mol. The summed E-state index contributed by atoms with van der Waals surface area (Å²) in [7, 11) is 0. The Morgan fingerprint density at radius 1 is 1.64 bits per heavy atom. The average molecular weight is 210 g/mol. The van der Waals surface area contributed by atoms with E-state index in [2.05, 4.69) is 5.92 Å². The van der Waals surface area contributed by atoms with Crippen molar-refractivity contribution in [3.63, 3.8) is 0 Å². The van der Waals surface area contributed by atoms with Gasteiger partial charge in [0.15, 0.2) is 0 Å². The minimum atomic E-state index is -0.519. The van der Waals surface area contributed by atoms with Crippen molar-refractivity contribution in [3.05, 3.63) is 38.9 Å². The monoisotopic (exact) mass is 209 g/mol. The van der Waals surface area contributed by atoms with Crippen molar-refractivity contribution < 1.29 is 4.92 Å². The molecule has 0 aliphatic rings. The molecule has 0 N–H and O–H groups in total. The Kier molecular flexibility index (Phi) is 3.10. The second kappa shape index (κ2) is 4.12. The van der Waals surface area contributed by atoms with Crippen molar-refractivity contribution in [1.29, 1.82) is 0 Å². The van der Waals surface area contributed by atoms with Gasteiger partial charge in [-0.25, -0.2) is 0 Å². The molecule has 0 saturated heterocycles. The molecule has 1 atom stereocenters. The van der Waals surface area contributed by atoms with E-state index in [0.29, 0.717) is 0 Å². The van der Waals surface area contributed by atoms with Gasteiger partial charge in [0.2, 0.25) is 0 Å². The lowest BCUT2D eigenvalue weighted by Gasteiger charge is -2.04. The normalized spacial score (nSPS) is 11.8. The van der Waals surface area contributed by atoms with Crippen LogP contribution in [0.1, 0.15) is 18.4 Å². The van der Waals surface area contributed by atoms with E-state index in [9.17, 15) is 10.1 Å². The molecule has 0 amide bonds. The van der Waals surface area contributed by atoms with E-state index in [-0.39, 0.29) is 16.6 Å². The molecule has 0 spiro atoms. The molecule has 0 heterocycles. The molecule has 1 aromatic carbocycles. The van der Waals surface area contributed by atoms with E-state index in [1.54, 1.807) is 13.0 Å². The molecule has 0 bridgehead atoms. The number of hydrogen-bond acceptors (Lipinski definition) is 2. The van der Waals surface area contributed by atoms with Crippen LogP contribution in [-0.2, 0) is 0 Å². The van der Waals surface area contributed by atoms with Crippen molar-refractivity contribution in [2.75, 3.05) is 0 Å². The summed E-state index contributed by atoms with van der Waals surface area (Å²) in [5.41, 5.74) is 0.620. The molecule has 0 saturated carbocycles. The zero-order chi connectivity index (χ0) is 10.7. The highest BCUT2D eigenvalue weighted by molar-refractivity contribution is 6.32. The van der Waals surface area contributed by atoms with Crippen LogP contribution < -0.4 is 0 Å². The fourth-order valence-corrected chi connectivity index (χ4v) is 1.22. The first-order valence-electron chi connectivity index (χ1n) is 3.96. The Hall–Kier alpha value is -1.53. The Labute approximate surface area is 86.8 Å². The van der Waals surface area contributed by atoms with Gasteiger partial charge in [-0.05, 0) is 18.6 Å². The number of rotatable bonds is 2. The molecule has 0 radical (unpaired) electrons. The third-order valence-corrected chi connectivity index (χ3v) is 2.24. The van der Waals surface area contributed by atoms with Crippen molar-refractivity contribution >= 4 is 17.3 Å². The van der Waals surface area contributed by atoms with Crippen LogP contribution in [0.2, 0.25) is 5.02 Å². The number of nitro groups is 1. The number of terminal acetylenes is 1. The van der Waals surface area contributed by atoms with Crippen LogP contribution >= 0.6 is 11.6 Å². The molecule has 0 aliphatic heterocycles. The van der Waals surface area contributed by atoms with Crippen LogP contribution in [0.15, 0.2) is 18.2 Å². The zero-order valence-electron chi connectivity index (χ0n) is 7.53. The fourth-order valence-electron chi connectivity index (χ4n) is 1.04. The number of halogens is 1. The van der Waals surface area contributed by atoms with Crippen LogP contribution in [0.4, 0.5) is 5.69 Å². The summed E-state index contributed by atoms with van der Waals surface area (Å²) >= 11 is 5.65. The van der Waals surface area contributed by atoms with E-state index in [1.807, 2.05) is 0 Å². The van der Waals surface area contributed by atoms with Gasteiger partial charge in [-0.2, -0.15) is 0 Å². The van der Waals surface area contributed by atoms with Gasteiger partial charge < -0.3 is 0 Å². The van der Waals surface area contributed by atoms with Crippen LogP contribution in [0.5, 0.6) is 0 Å². The molecule has 1 unspecified atom stereocenters. The van der Waals surface area contributed by atoms with Crippen molar-refractivity contribution in [3.8, 4) is 12.3 Å². The van der Waals surface area contributed by atoms with Gasteiger partial charge in [-0.15, -0.1) is 6.42 Å². The van der Waals surface area contributed by atoms with Crippen molar-refractivity contribution in [2.45, 2.75) is 12.8 Å². The molecule has 0 aliphatic carbocycles. The Morgan fingerprint density at radius 3 is 2.79 bits per heavy atom. The van der Waals surface area contributed by atoms with Gasteiger partial charge in [0.1, 0.15) is 5.02 Å². The molecule has 72 valence electrons. The summed E-state index contributed by atoms with van der Waals surface area (Å²) in [6.07, 6.45) is 5.22. The van der Waals surface area contributed by atoms with Gasteiger partial charge in [-0.1, -0.05) is 23.6 Å². The van der Waals surface area contributed by atoms with Gasteiger partial charge in [0.05, 0.1) is 4.92 Å². The van der Waals surface area contributed by atoms with Crippen LogP contribution in [0.3, 0.4) is 0 Å². The number of hydrogen-bond donors (Lipinski definition) is 0. The molecule has 1 aromatic rings. The van der Waals surface area contributed by atoms with Crippen molar-refractivity contribution in [2.24, 2.45) is 0 Å². The highest BCUT2D eigenvalue weighted by Crippen LogP contribution is 2.27. The summed E-state index contributed by atoms with van der Waals surface area (Å²) in [6.45, 7) is 1.80. The first kappa shape index (κ1) is 10.6. The van der Waals surface area contributed by atoms with E-state index in [0.717, 1.165) is 5.56 Å². The maximum atomic E-state index is 10.6. The predicted molar refractivity (Wildman–Crippen MR) is 55.4 cm³/mol. The van der Waals surface area contributed by atoms with E-state index in [4.69, 9.17) is 18.0 Å². The van der Waals surface area contributed by atoms with Gasteiger partial charge in [0, 0.05) is 12.0 Å². The number of nitro benzene ring substituents is 1. The largest absolute Gasteiger partial charge is 0.288 e. The van der Waals surface area contributed by atoms with E-state index < -0.39 is 4.92 Å². The van der Waals surface area contributed by atoms with Gasteiger partial charge in [0.25, 0.3) is 5.69 Å². The third kappa shape index (κ3) is 2.04. The fraction of sp³-hybridized carbons (Fsp3) is 0.200. The Balaban J connectivity index is 3.21. The lowest BCUT2D eigenvalue weighted by atomic mass is 10.0. The minimum absolute atomic E-state index is 0.105. The summed E-state index contributed by atoms with van der Waals surface area (Å²) in [5, 5.41) is 10.7. The molecule has 14 heavy (non-hydrogen) atoms. The van der Waals surface area contributed by atoms with E-state index >= 15 is 0 Å². The lowest BCUT2D eigenvalue weighted by Crippen LogP contribution is -1.94. The quantitative estimate of drug-likeness (QED) is 0.427. The first-order chi connectivity index (χ1) is 6.56. The van der Waals surface area contributed by atoms with Crippen LogP contribution in [0, 0.1) is 22.5 Å². The minimum Gasteiger partial charge on any atom is -0.258 e. The summed E-state index contributed by atoms with van der Waals surface area (Å²) in [5.74, 6) is 2.35. The second-order valence-electron chi connectivity index (χ2n) is 2.86. The van der Waals surface area contributed by atoms with Crippen LogP contribution in [0.25, 0.3) is 0 Å². The maximum Gasteiger partial charge on any atom is 0.288 e. The Morgan fingerprint density at radius 2 is 2.29 bits per heavy atom. The van der Waals surface area contributed by atoms with Crippen LogP contribution in [-0.4, -0.2) is 4.92 Å². The molecular formula is C10H8ClNO2. The lowest BCUT2D eigenvalue weighted by molar-refractivity contribution is -0.384. The maximum absolute atomic E-state index is 10.6. The average Bonchev–Trinajstić information content (AvgIpc) is 2.17.